The van der Waals surface area contributed by atoms with Crippen molar-refractivity contribution in [3.05, 3.63) is 34.7 Å². The average molecular weight is 310 g/mol. The van der Waals surface area contributed by atoms with Gasteiger partial charge in [-0.1, -0.05) is 18.2 Å². The molecule has 1 aromatic heterocycles. The molecule has 1 aromatic carbocycles. The fourth-order valence-corrected chi connectivity index (χ4v) is 4.96. The summed E-state index contributed by atoms with van der Waals surface area (Å²) in [5, 5.41) is 1.31. The van der Waals surface area contributed by atoms with E-state index in [9.17, 15) is 4.21 Å². The quantitative estimate of drug-likeness (QED) is 0.807. The molecule has 0 saturated carbocycles. The molecule has 0 aliphatic rings. The molecule has 0 fully saturated rings. The zero-order chi connectivity index (χ0) is 15.1. The number of fused-ring (bicyclic) bond motifs is 1. The molecule has 2 nitrogen and oxygen atoms in total. The molecule has 0 aliphatic carbocycles. The molecule has 0 aliphatic heterocycles. The summed E-state index contributed by atoms with van der Waals surface area (Å²) >= 11 is 1.81. The monoisotopic (exact) mass is 309 g/mol. The first-order chi connectivity index (χ1) is 9.23. The van der Waals surface area contributed by atoms with Gasteiger partial charge in [0.2, 0.25) is 0 Å². The van der Waals surface area contributed by atoms with Crippen LogP contribution in [0.15, 0.2) is 24.3 Å². The first-order valence-electron chi connectivity index (χ1n) is 6.86. The first-order valence-corrected chi connectivity index (χ1v) is 8.78. The Hall–Kier alpha value is -0.710. The standard InChI is InChI=1S/C16H23NOS2/c1-11-13-9-7-8-10-14(13)19-15(11)12(2)17(6)20(18)16(3,4)5/h7-10,12H,1-6H3/t12-,20?/m1/s1. The number of hydrogen-bond acceptors (Lipinski definition) is 2. The summed E-state index contributed by atoms with van der Waals surface area (Å²) in [6.07, 6.45) is 0. The van der Waals surface area contributed by atoms with Crippen LogP contribution in [0.25, 0.3) is 10.1 Å². The molecule has 1 heterocycles. The fourth-order valence-electron chi connectivity index (χ4n) is 2.33. The Morgan fingerprint density at radius 2 is 1.85 bits per heavy atom. The third-order valence-electron chi connectivity index (χ3n) is 3.59. The van der Waals surface area contributed by atoms with Crippen LogP contribution in [0.5, 0.6) is 0 Å². The minimum absolute atomic E-state index is 0.160. The molecule has 20 heavy (non-hydrogen) atoms. The van der Waals surface area contributed by atoms with Crippen molar-refractivity contribution in [2.45, 2.75) is 45.4 Å². The lowest BCUT2D eigenvalue weighted by molar-refractivity contribution is 0.421. The van der Waals surface area contributed by atoms with Gasteiger partial charge in [0.15, 0.2) is 0 Å². The van der Waals surface area contributed by atoms with Crippen LogP contribution in [0, 0.1) is 6.92 Å². The zero-order valence-electron chi connectivity index (χ0n) is 13.1. The molecule has 4 heteroatoms. The third-order valence-corrected chi connectivity index (χ3v) is 6.92. The maximum Gasteiger partial charge on any atom is 0.100 e. The van der Waals surface area contributed by atoms with E-state index in [2.05, 4.69) is 38.1 Å². The second-order valence-corrected chi connectivity index (χ2v) is 9.55. The van der Waals surface area contributed by atoms with E-state index in [1.165, 1.54) is 20.5 Å². The SMILES string of the molecule is Cc1c([C@@H](C)N(C)S(=O)C(C)(C)C)sc2ccccc12. The molecule has 2 aromatic rings. The van der Waals surface area contributed by atoms with Gasteiger partial charge in [0.25, 0.3) is 0 Å². The van der Waals surface area contributed by atoms with E-state index in [1.54, 1.807) is 0 Å². The van der Waals surface area contributed by atoms with E-state index in [0.29, 0.717) is 0 Å². The minimum Gasteiger partial charge on any atom is -0.242 e. The third kappa shape index (κ3) is 2.83. The van der Waals surface area contributed by atoms with Crippen LogP contribution < -0.4 is 0 Å². The van der Waals surface area contributed by atoms with Gasteiger partial charge in [-0.2, -0.15) is 0 Å². The van der Waals surface area contributed by atoms with Gasteiger partial charge in [0.1, 0.15) is 11.0 Å². The van der Waals surface area contributed by atoms with Crippen molar-refractivity contribution in [3.8, 4) is 0 Å². The maximum absolute atomic E-state index is 12.5. The predicted molar refractivity (Wildman–Crippen MR) is 90.6 cm³/mol. The van der Waals surface area contributed by atoms with Gasteiger partial charge in [0.05, 0.1) is 10.8 Å². The number of benzene rings is 1. The van der Waals surface area contributed by atoms with Crippen LogP contribution >= 0.6 is 11.3 Å². The van der Waals surface area contributed by atoms with Gasteiger partial charge in [-0.3, -0.25) is 0 Å². The topological polar surface area (TPSA) is 20.3 Å². The van der Waals surface area contributed by atoms with Crippen molar-refractivity contribution in [3.63, 3.8) is 0 Å². The first kappa shape index (κ1) is 15.7. The lowest BCUT2D eigenvalue weighted by Gasteiger charge is -2.30. The van der Waals surface area contributed by atoms with Crippen molar-refractivity contribution in [1.29, 1.82) is 0 Å². The molecule has 0 saturated heterocycles. The van der Waals surface area contributed by atoms with Crippen molar-refractivity contribution >= 4 is 32.4 Å². The second kappa shape index (κ2) is 5.58. The Labute approximate surface area is 128 Å². The summed E-state index contributed by atoms with van der Waals surface area (Å²) in [6.45, 7) is 10.4. The van der Waals surface area contributed by atoms with Crippen molar-refractivity contribution in [1.82, 2.24) is 4.31 Å². The molecule has 0 spiro atoms. The largest absolute Gasteiger partial charge is 0.242 e. The summed E-state index contributed by atoms with van der Waals surface area (Å²) in [4.78, 5) is 1.31. The van der Waals surface area contributed by atoms with Crippen molar-refractivity contribution in [2.24, 2.45) is 0 Å². The predicted octanol–water partition coefficient (Wildman–Crippen LogP) is 4.66. The molecule has 2 rings (SSSR count). The van der Waals surface area contributed by atoms with E-state index < -0.39 is 11.0 Å². The Balaban J connectivity index is 2.39. The number of rotatable bonds is 3. The second-order valence-electron chi connectivity index (χ2n) is 6.17. The molecule has 0 amide bonds. The summed E-state index contributed by atoms with van der Waals surface area (Å²) < 4.78 is 15.6. The highest BCUT2D eigenvalue weighted by atomic mass is 32.2. The highest BCUT2D eigenvalue weighted by Crippen LogP contribution is 2.37. The van der Waals surface area contributed by atoms with Crippen LogP contribution in [0.4, 0.5) is 0 Å². The Kier molecular flexibility index (Phi) is 4.38. The summed E-state index contributed by atoms with van der Waals surface area (Å²) in [5.74, 6) is 0. The maximum atomic E-state index is 12.5. The number of nitrogens with zero attached hydrogens (tertiary/aromatic N) is 1. The fraction of sp³-hybridized carbons (Fsp3) is 0.500. The van der Waals surface area contributed by atoms with Crippen LogP contribution in [-0.4, -0.2) is 20.3 Å². The molecule has 0 radical (unpaired) electrons. The van der Waals surface area contributed by atoms with Gasteiger partial charge < -0.3 is 0 Å². The highest BCUT2D eigenvalue weighted by molar-refractivity contribution is 7.84. The Bertz CT molecular complexity index is 639. The van der Waals surface area contributed by atoms with Gasteiger partial charge in [-0.25, -0.2) is 8.51 Å². The van der Waals surface area contributed by atoms with Crippen LogP contribution in [-0.2, 0) is 11.0 Å². The summed E-state index contributed by atoms with van der Waals surface area (Å²) in [6, 6.07) is 8.63. The zero-order valence-corrected chi connectivity index (χ0v) is 14.7. The molecule has 110 valence electrons. The van der Waals surface area contributed by atoms with Crippen molar-refractivity contribution in [2.75, 3.05) is 7.05 Å². The van der Waals surface area contributed by atoms with E-state index in [0.717, 1.165) is 0 Å². The van der Waals surface area contributed by atoms with E-state index >= 15 is 0 Å². The van der Waals surface area contributed by atoms with Gasteiger partial charge in [-0.05, 0) is 51.6 Å². The lowest BCUT2D eigenvalue weighted by atomic mass is 10.1. The van der Waals surface area contributed by atoms with E-state index in [-0.39, 0.29) is 10.8 Å². The summed E-state index contributed by atoms with van der Waals surface area (Å²) in [7, 11) is 0.952. The van der Waals surface area contributed by atoms with Crippen LogP contribution in [0.3, 0.4) is 0 Å². The Morgan fingerprint density at radius 1 is 1.25 bits per heavy atom. The Morgan fingerprint density at radius 3 is 2.40 bits per heavy atom. The van der Waals surface area contributed by atoms with Crippen LogP contribution in [0.1, 0.15) is 44.2 Å². The molecule has 0 N–H and O–H groups in total. The highest BCUT2D eigenvalue weighted by Gasteiger charge is 2.29. The minimum atomic E-state index is -1.00. The molecule has 0 bridgehead atoms. The van der Waals surface area contributed by atoms with E-state index in [4.69, 9.17) is 0 Å². The van der Waals surface area contributed by atoms with Gasteiger partial charge in [-0.15, -0.1) is 11.3 Å². The summed E-state index contributed by atoms with van der Waals surface area (Å²) in [5.41, 5.74) is 1.32. The number of hydrogen-bond donors (Lipinski definition) is 0. The van der Waals surface area contributed by atoms with Gasteiger partial charge in [0, 0.05) is 16.6 Å². The lowest BCUT2D eigenvalue weighted by Crippen LogP contribution is -2.36. The number of aryl methyl sites for hydroxylation is 1. The molecule has 2 atom stereocenters. The van der Waals surface area contributed by atoms with Gasteiger partial charge >= 0.3 is 0 Å². The average Bonchev–Trinajstić information content (AvgIpc) is 2.73. The molecular formula is C16H23NOS2. The van der Waals surface area contributed by atoms with Crippen molar-refractivity contribution < 1.29 is 4.21 Å². The van der Waals surface area contributed by atoms with Crippen LogP contribution in [0.2, 0.25) is 0 Å². The smallest absolute Gasteiger partial charge is 0.100 e. The molecule has 1 unspecified atom stereocenters. The normalized spacial score (nSPS) is 15.8. The van der Waals surface area contributed by atoms with E-state index in [1.807, 2.05) is 43.5 Å². The molecular weight excluding hydrogens is 286 g/mol. The number of thiophene rings is 1.